The van der Waals surface area contributed by atoms with E-state index in [-0.39, 0.29) is 11.9 Å². The second-order valence-electron chi connectivity index (χ2n) is 5.16. The Morgan fingerprint density at radius 2 is 2.28 bits per heavy atom. The minimum Gasteiger partial charge on any atom is -0.469 e. The lowest BCUT2D eigenvalue weighted by molar-refractivity contribution is -0.143. The summed E-state index contributed by atoms with van der Waals surface area (Å²) in [6.45, 7) is 3.10. The van der Waals surface area contributed by atoms with E-state index in [4.69, 9.17) is 16.3 Å². The van der Waals surface area contributed by atoms with Crippen LogP contribution in [0, 0.1) is 17.8 Å². The van der Waals surface area contributed by atoms with Gasteiger partial charge in [0.05, 0.1) is 13.0 Å². The van der Waals surface area contributed by atoms with E-state index in [0.717, 1.165) is 17.3 Å². The van der Waals surface area contributed by atoms with Crippen molar-refractivity contribution >= 4 is 23.3 Å². The zero-order valence-corrected chi connectivity index (χ0v) is 11.2. The fourth-order valence-electron chi connectivity index (χ4n) is 3.36. The highest BCUT2D eigenvalue weighted by molar-refractivity contribution is 6.30. The highest BCUT2D eigenvalue weighted by Crippen LogP contribution is 2.56. The molecule has 1 heterocycles. The lowest BCUT2D eigenvalue weighted by Gasteiger charge is -2.28. The number of anilines is 1. The molecule has 0 N–H and O–H groups in total. The molecular formula is C14H16ClNO2. The summed E-state index contributed by atoms with van der Waals surface area (Å²) >= 11 is 6.02. The number of carbonyl (C=O) groups is 1. The average Bonchev–Trinajstić information content (AvgIpc) is 2.99. The van der Waals surface area contributed by atoms with Crippen molar-refractivity contribution in [3.63, 3.8) is 0 Å². The topological polar surface area (TPSA) is 29.5 Å². The van der Waals surface area contributed by atoms with Gasteiger partial charge in [0.15, 0.2) is 0 Å². The maximum absolute atomic E-state index is 11.6. The van der Waals surface area contributed by atoms with Crippen LogP contribution in [0.15, 0.2) is 24.3 Å². The number of nitrogens with zero attached hydrogens (tertiary/aromatic N) is 1. The number of piperidine rings is 1. The van der Waals surface area contributed by atoms with Crippen LogP contribution in [0.3, 0.4) is 0 Å². The van der Waals surface area contributed by atoms with Crippen LogP contribution in [-0.2, 0) is 9.53 Å². The van der Waals surface area contributed by atoms with Crippen LogP contribution in [0.2, 0.25) is 5.02 Å². The van der Waals surface area contributed by atoms with Gasteiger partial charge in [0, 0.05) is 23.3 Å². The standard InChI is InChI=1S/C14H16ClNO2/c1-8-12-11(13(12)14(17)18-2)7-16(8)10-5-3-4-9(15)6-10/h3-6,8,11-13H,7H2,1-2H3/t8-,11+,12-,13-/m1/s1. The van der Waals surface area contributed by atoms with E-state index in [0.29, 0.717) is 17.9 Å². The van der Waals surface area contributed by atoms with Crippen molar-refractivity contribution in [3.05, 3.63) is 29.3 Å². The number of hydrogen-bond acceptors (Lipinski definition) is 3. The lowest BCUT2D eigenvalue weighted by atomic mass is 10.1. The molecule has 0 spiro atoms. The third-order valence-corrected chi connectivity index (χ3v) is 4.53. The molecular weight excluding hydrogens is 250 g/mol. The second kappa shape index (κ2) is 4.16. The van der Waals surface area contributed by atoms with Crippen LogP contribution in [-0.4, -0.2) is 25.7 Å². The Kier molecular flexibility index (Phi) is 2.74. The quantitative estimate of drug-likeness (QED) is 0.770. The fourth-order valence-corrected chi connectivity index (χ4v) is 3.54. The smallest absolute Gasteiger partial charge is 0.309 e. The van der Waals surface area contributed by atoms with Gasteiger partial charge in [0.25, 0.3) is 0 Å². The number of benzene rings is 1. The maximum atomic E-state index is 11.6. The first kappa shape index (κ1) is 11.8. The molecule has 1 saturated carbocycles. The first-order chi connectivity index (χ1) is 8.63. The van der Waals surface area contributed by atoms with Crippen LogP contribution in [0.4, 0.5) is 5.69 Å². The third-order valence-electron chi connectivity index (χ3n) is 4.30. The molecule has 96 valence electrons. The average molecular weight is 266 g/mol. The first-order valence-electron chi connectivity index (χ1n) is 6.23. The van der Waals surface area contributed by atoms with Gasteiger partial charge in [0.1, 0.15) is 0 Å². The lowest BCUT2D eigenvalue weighted by Crippen LogP contribution is -2.33. The van der Waals surface area contributed by atoms with Crippen LogP contribution < -0.4 is 4.90 Å². The summed E-state index contributed by atoms with van der Waals surface area (Å²) in [4.78, 5) is 13.9. The van der Waals surface area contributed by atoms with Gasteiger partial charge in [-0.3, -0.25) is 4.79 Å². The van der Waals surface area contributed by atoms with Crippen LogP contribution in [0.25, 0.3) is 0 Å². The van der Waals surface area contributed by atoms with Crippen LogP contribution in [0.1, 0.15) is 6.92 Å². The third kappa shape index (κ3) is 1.69. The maximum Gasteiger partial charge on any atom is 0.309 e. The monoisotopic (exact) mass is 265 g/mol. The molecule has 1 aromatic rings. The zero-order valence-electron chi connectivity index (χ0n) is 10.5. The molecule has 1 aliphatic heterocycles. The Bertz CT molecular complexity index is 490. The highest BCUT2D eigenvalue weighted by atomic mass is 35.5. The zero-order chi connectivity index (χ0) is 12.9. The number of esters is 1. The summed E-state index contributed by atoms with van der Waals surface area (Å²) in [5, 5.41) is 0.754. The number of rotatable bonds is 2. The summed E-state index contributed by atoms with van der Waals surface area (Å²) in [6.07, 6.45) is 0. The molecule has 1 aliphatic carbocycles. The molecule has 2 aliphatic rings. The van der Waals surface area contributed by atoms with Gasteiger partial charge in [-0.2, -0.15) is 0 Å². The fraction of sp³-hybridized carbons (Fsp3) is 0.500. The van der Waals surface area contributed by atoms with Crippen LogP contribution >= 0.6 is 11.6 Å². The van der Waals surface area contributed by atoms with E-state index < -0.39 is 0 Å². The number of carbonyl (C=O) groups excluding carboxylic acids is 1. The van der Waals surface area contributed by atoms with Crippen molar-refractivity contribution in [3.8, 4) is 0 Å². The van der Waals surface area contributed by atoms with Crippen molar-refractivity contribution in [1.29, 1.82) is 0 Å². The Labute approximate surface area is 112 Å². The van der Waals surface area contributed by atoms with E-state index in [9.17, 15) is 4.79 Å². The van der Waals surface area contributed by atoms with Crippen molar-refractivity contribution in [2.24, 2.45) is 17.8 Å². The normalized spacial score (nSPS) is 33.2. The van der Waals surface area contributed by atoms with Gasteiger partial charge in [-0.05, 0) is 37.0 Å². The second-order valence-corrected chi connectivity index (χ2v) is 5.60. The molecule has 4 atom stereocenters. The number of ether oxygens (including phenoxy) is 1. The van der Waals surface area contributed by atoms with Crippen LogP contribution in [0.5, 0.6) is 0 Å². The molecule has 0 aromatic heterocycles. The first-order valence-corrected chi connectivity index (χ1v) is 6.61. The van der Waals surface area contributed by atoms with Crippen molar-refractivity contribution in [1.82, 2.24) is 0 Å². The molecule has 2 fully saturated rings. The van der Waals surface area contributed by atoms with E-state index in [1.54, 1.807) is 0 Å². The van der Waals surface area contributed by atoms with Gasteiger partial charge in [-0.1, -0.05) is 17.7 Å². The van der Waals surface area contributed by atoms with E-state index in [2.05, 4.69) is 17.9 Å². The summed E-state index contributed by atoms with van der Waals surface area (Å²) in [6, 6.07) is 8.27. The van der Waals surface area contributed by atoms with Crippen molar-refractivity contribution < 1.29 is 9.53 Å². The van der Waals surface area contributed by atoms with Gasteiger partial charge in [-0.25, -0.2) is 0 Å². The van der Waals surface area contributed by atoms with Crippen molar-refractivity contribution in [2.45, 2.75) is 13.0 Å². The minimum absolute atomic E-state index is 0.0532. The molecule has 0 bridgehead atoms. The molecule has 3 rings (SSSR count). The van der Waals surface area contributed by atoms with E-state index in [1.807, 2.05) is 18.2 Å². The number of hydrogen-bond donors (Lipinski definition) is 0. The van der Waals surface area contributed by atoms with Gasteiger partial charge in [0.2, 0.25) is 0 Å². The molecule has 1 aromatic carbocycles. The molecule has 3 nitrogen and oxygen atoms in total. The number of methoxy groups -OCH3 is 1. The van der Waals surface area contributed by atoms with Gasteiger partial charge < -0.3 is 9.64 Å². The summed E-state index contributed by atoms with van der Waals surface area (Å²) in [5.41, 5.74) is 1.14. The molecule has 0 amide bonds. The molecule has 4 heteroatoms. The summed E-state index contributed by atoms with van der Waals surface area (Å²) in [5.74, 6) is 0.950. The predicted octanol–water partition coefficient (Wildman–Crippen LogP) is 2.58. The summed E-state index contributed by atoms with van der Waals surface area (Å²) in [7, 11) is 1.47. The largest absolute Gasteiger partial charge is 0.469 e. The number of fused-ring (bicyclic) bond motifs is 1. The van der Waals surface area contributed by atoms with Gasteiger partial charge in [-0.15, -0.1) is 0 Å². The van der Waals surface area contributed by atoms with Crippen molar-refractivity contribution in [2.75, 3.05) is 18.6 Å². The Morgan fingerprint density at radius 3 is 2.83 bits per heavy atom. The molecule has 1 saturated heterocycles. The molecule has 0 unspecified atom stereocenters. The van der Waals surface area contributed by atoms with E-state index in [1.165, 1.54) is 7.11 Å². The predicted molar refractivity (Wildman–Crippen MR) is 70.7 cm³/mol. The highest BCUT2D eigenvalue weighted by Gasteiger charge is 2.63. The van der Waals surface area contributed by atoms with Gasteiger partial charge >= 0.3 is 5.97 Å². The molecule has 18 heavy (non-hydrogen) atoms. The Hall–Kier alpha value is -1.22. The Balaban J connectivity index is 1.75. The SMILES string of the molecule is COC(=O)[C@@H]1[C@H]2CN(c3cccc(Cl)c3)[C@H](C)[C@H]21. The minimum atomic E-state index is -0.0532. The van der Waals surface area contributed by atoms with E-state index >= 15 is 0 Å². The summed E-state index contributed by atoms with van der Waals surface area (Å²) < 4.78 is 4.84. The number of halogens is 1. The Morgan fingerprint density at radius 1 is 1.50 bits per heavy atom. The molecule has 0 radical (unpaired) electrons.